The normalized spacial score (nSPS) is 33.6. The summed E-state index contributed by atoms with van der Waals surface area (Å²) in [5.74, 6) is 2.04. The van der Waals surface area contributed by atoms with Gasteiger partial charge in [0.2, 0.25) is 0 Å². The zero-order valence-electron chi connectivity index (χ0n) is 20.2. The third kappa shape index (κ3) is 3.84. The van der Waals surface area contributed by atoms with Crippen LogP contribution in [0.25, 0.3) is 0 Å². The van der Waals surface area contributed by atoms with E-state index in [9.17, 15) is 9.90 Å². The molecule has 2 aromatic rings. The number of hydrogen-bond donors (Lipinski definition) is 2. The number of primary amides is 1. The number of pyridine rings is 1. The summed E-state index contributed by atoms with van der Waals surface area (Å²) in [7, 11) is 0. The first kappa shape index (κ1) is 22.4. The Labute approximate surface area is 206 Å². The largest absolute Gasteiger partial charge is 0.390 e. The summed E-state index contributed by atoms with van der Waals surface area (Å²) in [4.78, 5) is 22.0. The van der Waals surface area contributed by atoms with Crippen molar-refractivity contribution in [3.63, 3.8) is 0 Å². The molecule has 3 atom stereocenters. The summed E-state index contributed by atoms with van der Waals surface area (Å²) in [5.41, 5.74) is 8.56. The lowest BCUT2D eigenvalue weighted by atomic mass is 9.49. The van der Waals surface area contributed by atoms with E-state index in [4.69, 9.17) is 16.0 Å². The molecule has 1 aliphatic heterocycles. The molecule has 0 spiro atoms. The van der Waals surface area contributed by atoms with Gasteiger partial charge in [0.25, 0.3) is 5.91 Å². The van der Waals surface area contributed by atoms with Gasteiger partial charge in [-0.25, -0.2) is 4.98 Å². The molecule has 4 bridgehead atoms. The highest BCUT2D eigenvalue weighted by Crippen LogP contribution is 2.61. The molecule has 1 aromatic carbocycles. The van der Waals surface area contributed by atoms with Gasteiger partial charge in [0, 0.05) is 31.4 Å². The molecule has 7 nitrogen and oxygen atoms in total. The topological polar surface area (TPSA) is 106 Å². The van der Waals surface area contributed by atoms with Crippen molar-refractivity contribution >= 4 is 17.4 Å². The van der Waals surface area contributed by atoms with Gasteiger partial charge in [0.05, 0.1) is 17.2 Å². The molecule has 1 saturated heterocycles. The Morgan fingerprint density at radius 2 is 1.83 bits per heavy atom. The van der Waals surface area contributed by atoms with Gasteiger partial charge in [-0.05, 0) is 98.6 Å². The lowest BCUT2D eigenvalue weighted by molar-refractivity contribution is -0.134. The van der Waals surface area contributed by atoms with Crippen LogP contribution in [0.4, 0.5) is 11.5 Å². The van der Waals surface area contributed by atoms with Crippen LogP contribution in [0.1, 0.15) is 66.6 Å². The number of hydrogen-bond acceptors (Lipinski definition) is 6. The predicted molar refractivity (Wildman–Crippen MR) is 134 cm³/mol. The van der Waals surface area contributed by atoms with E-state index in [2.05, 4.69) is 34.9 Å². The maximum atomic E-state index is 12.6. The number of piperazine rings is 1. The fraction of sp³-hybridized carbons (Fsp3) is 0.536. The van der Waals surface area contributed by atoms with Gasteiger partial charge in [0.15, 0.2) is 0 Å². The lowest BCUT2D eigenvalue weighted by Gasteiger charge is -2.58. The molecule has 3 N–H and O–H groups in total. The molecule has 5 fully saturated rings. The summed E-state index contributed by atoms with van der Waals surface area (Å²) in [6.45, 7) is 4.62. The molecule has 5 aliphatic rings. The molecule has 1 aromatic heterocycles. The molecule has 7 rings (SSSR count). The quantitative estimate of drug-likeness (QED) is 0.708. The van der Waals surface area contributed by atoms with Crippen LogP contribution in [-0.2, 0) is 0 Å². The van der Waals surface area contributed by atoms with Crippen molar-refractivity contribution in [1.82, 2.24) is 4.98 Å². The molecular weight excluding hydrogens is 438 g/mol. The smallest absolute Gasteiger partial charge is 0.267 e. The fourth-order valence-corrected chi connectivity index (χ4v) is 7.85. The zero-order valence-corrected chi connectivity index (χ0v) is 20.2. The third-order valence-electron chi connectivity index (χ3n) is 9.03. The van der Waals surface area contributed by atoms with Gasteiger partial charge < -0.3 is 20.6 Å². The van der Waals surface area contributed by atoms with E-state index in [-0.39, 0.29) is 12.0 Å². The van der Waals surface area contributed by atoms with Gasteiger partial charge >= 0.3 is 0 Å². The van der Waals surface area contributed by atoms with Crippen molar-refractivity contribution in [2.75, 3.05) is 29.4 Å². The van der Waals surface area contributed by atoms with Crippen LogP contribution in [0, 0.1) is 29.1 Å². The molecule has 4 saturated carbocycles. The van der Waals surface area contributed by atoms with Crippen LogP contribution in [-0.4, -0.2) is 47.3 Å². The molecule has 35 heavy (non-hydrogen) atoms. The molecule has 7 heteroatoms. The highest BCUT2D eigenvalue weighted by Gasteiger charge is 2.55. The maximum Gasteiger partial charge on any atom is 0.267 e. The van der Waals surface area contributed by atoms with Crippen molar-refractivity contribution in [1.29, 1.82) is 5.26 Å². The number of nitrogens with two attached hydrogens (primary N) is 1. The van der Waals surface area contributed by atoms with Crippen LogP contribution in [0.3, 0.4) is 0 Å². The van der Waals surface area contributed by atoms with Crippen molar-refractivity contribution in [2.24, 2.45) is 23.5 Å². The standard InChI is InChI=1S/C28H33N5O2/c1-17-16-32(22-4-2-18(15-29)3-5-22)8-9-33(17)24-7-6-23(26(31-24)27(30)34)25-20-10-19-11-21(25)14-28(35,12-19)13-20/h2-7,17,19-21,25,35H,8-14,16H2,1H3,(H2,30,34)/t17-,19?,20?,21?,25?,28?/m1/s1. The molecule has 2 heterocycles. The maximum absolute atomic E-state index is 12.6. The first-order valence-electron chi connectivity index (χ1n) is 12.9. The second-order valence-electron chi connectivity index (χ2n) is 11.3. The number of nitrogens with zero attached hydrogens (tertiary/aromatic N) is 4. The molecule has 182 valence electrons. The Morgan fingerprint density at radius 1 is 1.11 bits per heavy atom. The minimum Gasteiger partial charge on any atom is -0.390 e. The number of rotatable bonds is 4. The monoisotopic (exact) mass is 471 g/mol. The number of anilines is 2. The SMILES string of the molecule is C[C@@H]1CN(c2ccc(C#N)cc2)CCN1c1ccc(C2C3CC4CC2CC(O)(C4)C3)c(C(N)=O)n1. The van der Waals surface area contributed by atoms with Gasteiger partial charge in [0.1, 0.15) is 11.5 Å². The minimum atomic E-state index is -0.503. The minimum absolute atomic E-state index is 0.203. The Bertz CT molecular complexity index is 1170. The average molecular weight is 472 g/mol. The van der Waals surface area contributed by atoms with E-state index in [1.807, 2.05) is 24.3 Å². The van der Waals surface area contributed by atoms with E-state index < -0.39 is 11.5 Å². The van der Waals surface area contributed by atoms with Crippen LogP contribution < -0.4 is 15.5 Å². The Morgan fingerprint density at radius 3 is 2.43 bits per heavy atom. The first-order chi connectivity index (χ1) is 16.8. The lowest BCUT2D eigenvalue weighted by Crippen LogP contribution is -2.54. The Hall–Kier alpha value is -3.11. The van der Waals surface area contributed by atoms with Crippen molar-refractivity contribution in [3.05, 3.63) is 53.2 Å². The van der Waals surface area contributed by atoms with Gasteiger partial charge in [-0.3, -0.25) is 4.79 Å². The van der Waals surface area contributed by atoms with Crippen LogP contribution in [0.5, 0.6) is 0 Å². The van der Waals surface area contributed by atoms with Crippen molar-refractivity contribution < 1.29 is 9.90 Å². The van der Waals surface area contributed by atoms with Gasteiger partial charge in [-0.1, -0.05) is 6.07 Å². The summed E-state index contributed by atoms with van der Waals surface area (Å²) >= 11 is 0. The summed E-state index contributed by atoms with van der Waals surface area (Å²) in [6, 6.07) is 14.2. The summed E-state index contributed by atoms with van der Waals surface area (Å²) < 4.78 is 0. The Balaban J connectivity index is 1.23. The second-order valence-corrected chi connectivity index (χ2v) is 11.3. The highest BCUT2D eigenvalue weighted by molar-refractivity contribution is 5.93. The summed E-state index contributed by atoms with van der Waals surface area (Å²) in [5, 5.41) is 20.0. The van der Waals surface area contributed by atoms with Crippen LogP contribution >= 0.6 is 0 Å². The number of carbonyl (C=O) groups is 1. The predicted octanol–water partition coefficient (Wildman–Crippen LogP) is 3.42. The summed E-state index contributed by atoms with van der Waals surface area (Å²) in [6.07, 6.45) is 4.88. The number of aliphatic hydroxyl groups is 1. The van der Waals surface area contributed by atoms with Crippen LogP contribution in [0.15, 0.2) is 36.4 Å². The number of aromatic nitrogens is 1. The van der Waals surface area contributed by atoms with Crippen molar-refractivity contribution in [3.8, 4) is 6.07 Å². The molecule has 2 unspecified atom stereocenters. The third-order valence-corrected chi connectivity index (χ3v) is 9.03. The molecular formula is C28H33N5O2. The molecule has 1 amide bonds. The Kier molecular flexibility index (Phi) is 5.26. The van der Waals surface area contributed by atoms with E-state index in [0.717, 1.165) is 68.8 Å². The van der Waals surface area contributed by atoms with Gasteiger partial charge in [-0.2, -0.15) is 5.26 Å². The average Bonchev–Trinajstić information content (AvgIpc) is 2.83. The number of benzene rings is 1. The fourth-order valence-electron chi connectivity index (χ4n) is 7.85. The zero-order chi connectivity index (χ0) is 24.3. The van der Waals surface area contributed by atoms with E-state index in [1.54, 1.807) is 0 Å². The van der Waals surface area contributed by atoms with Gasteiger partial charge in [-0.15, -0.1) is 0 Å². The van der Waals surface area contributed by atoms with Crippen molar-refractivity contribution in [2.45, 2.75) is 56.6 Å². The van der Waals surface area contributed by atoms with Crippen LogP contribution in [0.2, 0.25) is 0 Å². The molecule has 4 aliphatic carbocycles. The number of amides is 1. The second kappa shape index (κ2) is 8.23. The molecule has 0 radical (unpaired) electrons. The highest BCUT2D eigenvalue weighted by atomic mass is 16.3. The van der Waals surface area contributed by atoms with E-state index in [1.165, 1.54) is 0 Å². The number of nitriles is 1. The van der Waals surface area contributed by atoms with E-state index in [0.29, 0.717) is 29.0 Å². The first-order valence-corrected chi connectivity index (χ1v) is 12.9. The van der Waals surface area contributed by atoms with E-state index >= 15 is 0 Å². The number of carbonyl (C=O) groups excluding carboxylic acids is 1.